The van der Waals surface area contributed by atoms with Crippen LogP contribution in [0.1, 0.15) is 73.5 Å². The molecule has 1 heterocycles. The van der Waals surface area contributed by atoms with Crippen LogP contribution in [-0.2, 0) is 10.8 Å². The number of carboxylic acid groups (broad SMARTS) is 1. The van der Waals surface area contributed by atoms with Crippen molar-refractivity contribution in [3.8, 4) is 0 Å². The van der Waals surface area contributed by atoms with E-state index >= 15 is 0 Å². The fourth-order valence-corrected chi connectivity index (χ4v) is 3.42. The third-order valence-electron chi connectivity index (χ3n) is 5.39. The van der Waals surface area contributed by atoms with E-state index in [0.717, 1.165) is 29.8 Å². The van der Waals surface area contributed by atoms with Gasteiger partial charge in [0.25, 0.3) is 0 Å². The van der Waals surface area contributed by atoms with Gasteiger partial charge in [-0.3, -0.25) is 4.98 Å². The van der Waals surface area contributed by atoms with E-state index in [4.69, 9.17) is 10.1 Å². The Labute approximate surface area is 164 Å². The van der Waals surface area contributed by atoms with Crippen molar-refractivity contribution in [2.75, 3.05) is 0 Å². The summed E-state index contributed by atoms with van der Waals surface area (Å²) in [5.74, 6) is -0.969. The summed E-state index contributed by atoms with van der Waals surface area (Å²) in [5.41, 5.74) is 3.64. The van der Waals surface area contributed by atoms with Gasteiger partial charge in [0, 0.05) is 10.8 Å². The lowest BCUT2D eigenvalue weighted by molar-refractivity contribution is 0.0697. The van der Waals surface area contributed by atoms with Gasteiger partial charge in [-0.15, -0.1) is 0 Å². The van der Waals surface area contributed by atoms with E-state index in [1.807, 2.05) is 0 Å². The number of carbonyl (C=O) groups is 1. The summed E-state index contributed by atoms with van der Waals surface area (Å²) in [7, 11) is 0. The highest BCUT2D eigenvalue weighted by Crippen LogP contribution is 2.43. The van der Waals surface area contributed by atoms with Gasteiger partial charge < -0.3 is 10.3 Å². The molecule has 2 N–H and O–H groups in total. The number of oxime groups is 1. The molecule has 3 rings (SSSR count). The third-order valence-corrected chi connectivity index (χ3v) is 5.39. The Morgan fingerprint density at radius 2 is 1.68 bits per heavy atom. The van der Waals surface area contributed by atoms with Gasteiger partial charge in [0.2, 0.25) is 0 Å². The molecule has 1 aliphatic rings. The van der Waals surface area contributed by atoms with Crippen molar-refractivity contribution < 1.29 is 15.1 Å². The van der Waals surface area contributed by atoms with Gasteiger partial charge in [-0.05, 0) is 36.6 Å². The lowest BCUT2D eigenvalue weighted by Gasteiger charge is -2.39. The van der Waals surface area contributed by atoms with Crippen molar-refractivity contribution in [1.82, 2.24) is 9.97 Å². The highest BCUT2D eigenvalue weighted by molar-refractivity contribution is 6.09. The first-order valence-corrected chi connectivity index (χ1v) is 9.26. The van der Waals surface area contributed by atoms with Gasteiger partial charge in [0.05, 0.1) is 23.1 Å². The summed E-state index contributed by atoms with van der Waals surface area (Å²) in [6, 6.07) is 6.44. The van der Waals surface area contributed by atoms with Crippen LogP contribution in [0.15, 0.2) is 41.7 Å². The van der Waals surface area contributed by atoms with Crippen LogP contribution in [0.2, 0.25) is 0 Å². The summed E-state index contributed by atoms with van der Waals surface area (Å²) >= 11 is 0. The zero-order valence-electron chi connectivity index (χ0n) is 16.6. The van der Waals surface area contributed by atoms with E-state index in [2.05, 4.69) is 37.8 Å². The number of rotatable bonds is 4. The van der Waals surface area contributed by atoms with E-state index < -0.39 is 5.97 Å². The summed E-state index contributed by atoms with van der Waals surface area (Å²) in [5, 5.41) is 21.9. The summed E-state index contributed by atoms with van der Waals surface area (Å²) in [6.07, 6.45) is 7.11. The van der Waals surface area contributed by atoms with Crippen molar-refractivity contribution in [3.05, 3.63) is 64.7 Å². The van der Waals surface area contributed by atoms with Crippen LogP contribution in [0.3, 0.4) is 0 Å². The third kappa shape index (κ3) is 3.81. The molecule has 146 valence electrons. The fourth-order valence-electron chi connectivity index (χ4n) is 3.42. The molecule has 28 heavy (non-hydrogen) atoms. The van der Waals surface area contributed by atoms with Crippen molar-refractivity contribution in [2.45, 2.75) is 51.4 Å². The molecule has 0 radical (unpaired) electrons. The van der Waals surface area contributed by atoms with Crippen molar-refractivity contribution >= 4 is 17.8 Å². The van der Waals surface area contributed by atoms with Crippen LogP contribution in [0, 0.1) is 0 Å². The van der Waals surface area contributed by atoms with Gasteiger partial charge >= 0.3 is 5.97 Å². The maximum absolute atomic E-state index is 10.9. The van der Waals surface area contributed by atoms with Crippen LogP contribution in [-0.4, -0.2) is 32.0 Å². The lowest BCUT2D eigenvalue weighted by atomic mass is 9.67. The Kier molecular flexibility index (Phi) is 5.06. The average Bonchev–Trinajstić information content (AvgIpc) is 2.66. The molecule has 0 atom stereocenters. The predicted molar refractivity (Wildman–Crippen MR) is 108 cm³/mol. The van der Waals surface area contributed by atoms with Gasteiger partial charge in [-0.1, -0.05) is 51.1 Å². The zero-order valence-corrected chi connectivity index (χ0v) is 16.6. The second-order valence-electron chi connectivity index (χ2n) is 8.47. The highest BCUT2D eigenvalue weighted by atomic mass is 16.4. The maximum atomic E-state index is 10.9. The SMILES string of the molecule is CC1(C)CCC(C)(C)c2nc(C(C=Cc3ccc(C(=O)O)cc3)=NO)cnc21. The van der Waals surface area contributed by atoms with E-state index in [1.54, 1.807) is 30.5 Å². The van der Waals surface area contributed by atoms with Crippen LogP contribution in [0.4, 0.5) is 0 Å². The minimum Gasteiger partial charge on any atom is -0.478 e. The number of allylic oxidation sites excluding steroid dienone is 1. The molecule has 0 saturated heterocycles. The Balaban J connectivity index is 1.92. The lowest BCUT2D eigenvalue weighted by Crippen LogP contribution is -2.36. The number of fused-ring (bicyclic) bond motifs is 1. The molecule has 0 saturated carbocycles. The Morgan fingerprint density at radius 3 is 2.25 bits per heavy atom. The molecule has 0 aliphatic heterocycles. The maximum Gasteiger partial charge on any atom is 0.335 e. The second-order valence-corrected chi connectivity index (χ2v) is 8.47. The molecule has 0 bridgehead atoms. The molecule has 1 aliphatic carbocycles. The fraction of sp³-hybridized carbons (Fsp3) is 0.364. The zero-order chi connectivity index (χ0) is 20.5. The molecular weight excluding hydrogens is 354 g/mol. The molecule has 0 spiro atoms. The molecule has 0 fully saturated rings. The molecule has 1 aromatic carbocycles. The molecule has 0 unspecified atom stereocenters. The Bertz CT molecular complexity index is 957. The van der Waals surface area contributed by atoms with Crippen LogP contribution < -0.4 is 0 Å². The van der Waals surface area contributed by atoms with E-state index in [-0.39, 0.29) is 16.4 Å². The molecule has 2 aromatic rings. The summed E-state index contributed by atoms with van der Waals surface area (Å²) < 4.78 is 0. The van der Waals surface area contributed by atoms with Crippen LogP contribution >= 0.6 is 0 Å². The highest BCUT2D eigenvalue weighted by Gasteiger charge is 2.39. The summed E-state index contributed by atoms with van der Waals surface area (Å²) in [4.78, 5) is 20.4. The van der Waals surface area contributed by atoms with Gasteiger partial charge in [0.15, 0.2) is 0 Å². The van der Waals surface area contributed by atoms with E-state index in [1.165, 1.54) is 12.1 Å². The molecule has 1 aromatic heterocycles. The van der Waals surface area contributed by atoms with E-state index in [9.17, 15) is 10.0 Å². The first-order valence-electron chi connectivity index (χ1n) is 9.26. The van der Waals surface area contributed by atoms with Crippen LogP contribution in [0.25, 0.3) is 6.08 Å². The largest absolute Gasteiger partial charge is 0.478 e. The second kappa shape index (κ2) is 7.19. The molecule has 6 heteroatoms. The number of carboxylic acids is 1. The summed E-state index contributed by atoms with van der Waals surface area (Å²) in [6.45, 7) is 8.68. The topological polar surface area (TPSA) is 95.7 Å². The van der Waals surface area contributed by atoms with Gasteiger partial charge in [-0.25, -0.2) is 9.78 Å². The first-order chi connectivity index (χ1) is 13.1. The van der Waals surface area contributed by atoms with Gasteiger partial charge in [0.1, 0.15) is 11.4 Å². The van der Waals surface area contributed by atoms with Crippen LogP contribution in [0.5, 0.6) is 0 Å². The van der Waals surface area contributed by atoms with Crippen molar-refractivity contribution in [3.63, 3.8) is 0 Å². The number of aromatic carboxylic acids is 1. The Morgan fingerprint density at radius 1 is 1.07 bits per heavy atom. The number of hydrogen-bond donors (Lipinski definition) is 2. The van der Waals surface area contributed by atoms with E-state index in [0.29, 0.717) is 11.4 Å². The molecular formula is C22H25N3O3. The first kappa shape index (κ1) is 19.7. The number of hydrogen-bond acceptors (Lipinski definition) is 5. The number of benzene rings is 1. The number of aromatic nitrogens is 2. The monoisotopic (exact) mass is 379 g/mol. The minimum atomic E-state index is -0.969. The minimum absolute atomic E-state index is 0.0331. The normalized spacial score (nSPS) is 18.1. The smallest absolute Gasteiger partial charge is 0.335 e. The number of nitrogens with zero attached hydrogens (tertiary/aromatic N) is 3. The Hall–Kier alpha value is -3.02. The van der Waals surface area contributed by atoms with Gasteiger partial charge in [-0.2, -0.15) is 0 Å². The quantitative estimate of drug-likeness (QED) is 0.466. The average molecular weight is 379 g/mol. The molecule has 0 amide bonds. The van der Waals surface area contributed by atoms with Crippen molar-refractivity contribution in [2.24, 2.45) is 5.16 Å². The molecule has 6 nitrogen and oxygen atoms in total. The standard InChI is InChI=1S/C22H25N3O3/c1-21(2)11-12-22(3,4)19-18(21)23-13-17(24-19)16(25-28)10-7-14-5-8-15(9-6-14)20(26)27/h5-10,13,28H,11-12H2,1-4H3,(H,26,27). The van der Waals surface area contributed by atoms with Crippen molar-refractivity contribution in [1.29, 1.82) is 0 Å². The predicted octanol–water partition coefficient (Wildman–Crippen LogP) is 4.42.